The van der Waals surface area contributed by atoms with Crippen molar-refractivity contribution in [2.75, 3.05) is 26.4 Å². The molecule has 0 amide bonds. The Bertz CT molecular complexity index is 139. The van der Waals surface area contributed by atoms with Crippen LogP contribution in [0.5, 0.6) is 0 Å². The Morgan fingerprint density at radius 3 is 3.08 bits per heavy atom. The van der Waals surface area contributed by atoms with E-state index >= 15 is 0 Å². The third-order valence-corrected chi connectivity index (χ3v) is 1.98. The lowest BCUT2D eigenvalue weighted by Crippen LogP contribution is -2.11. The van der Waals surface area contributed by atoms with E-state index < -0.39 is 0 Å². The molecule has 1 fully saturated rings. The summed E-state index contributed by atoms with van der Waals surface area (Å²) in [6.45, 7) is 4.57. The Balaban J connectivity index is 1.91. The van der Waals surface area contributed by atoms with E-state index in [-0.39, 0.29) is 5.78 Å². The summed E-state index contributed by atoms with van der Waals surface area (Å²) < 4.78 is 10.5. The molecule has 3 nitrogen and oxygen atoms in total. The van der Waals surface area contributed by atoms with Crippen molar-refractivity contribution in [2.24, 2.45) is 5.92 Å². The number of rotatable bonds is 5. The summed E-state index contributed by atoms with van der Waals surface area (Å²) >= 11 is 0. The quantitative estimate of drug-likeness (QED) is 0.581. The molecule has 0 bridgehead atoms. The lowest BCUT2D eigenvalue weighted by Gasteiger charge is -2.07. The minimum Gasteiger partial charge on any atom is -0.381 e. The second-order valence-electron chi connectivity index (χ2n) is 3.26. The van der Waals surface area contributed by atoms with Crippen LogP contribution in [0.2, 0.25) is 0 Å². The van der Waals surface area contributed by atoms with Gasteiger partial charge >= 0.3 is 0 Å². The van der Waals surface area contributed by atoms with Gasteiger partial charge in [-0.1, -0.05) is 0 Å². The number of hydrogen-bond acceptors (Lipinski definition) is 3. The number of Topliss-reactive ketones (excluding diaryl/α,β-unsaturated/α-hetero) is 1. The topological polar surface area (TPSA) is 35.5 Å². The van der Waals surface area contributed by atoms with E-state index in [2.05, 4.69) is 0 Å². The summed E-state index contributed by atoms with van der Waals surface area (Å²) in [5.41, 5.74) is 0. The Labute approximate surface area is 73.0 Å². The molecule has 0 radical (unpaired) electrons. The minimum absolute atomic E-state index is 0.192. The van der Waals surface area contributed by atoms with Crippen LogP contribution in [-0.2, 0) is 14.3 Å². The molecular weight excluding hydrogens is 156 g/mol. The summed E-state index contributed by atoms with van der Waals surface area (Å²) in [6.07, 6.45) is 1.63. The number of ether oxygens (including phenoxy) is 2. The van der Waals surface area contributed by atoms with E-state index in [1.54, 1.807) is 6.92 Å². The summed E-state index contributed by atoms with van der Waals surface area (Å²) in [5.74, 6) is 0.745. The highest BCUT2D eigenvalue weighted by Gasteiger charge is 2.15. The van der Waals surface area contributed by atoms with Gasteiger partial charge in [-0.05, 0) is 13.3 Å². The van der Waals surface area contributed by atoms with Gasteiger partial charge in [-0.25, -0.2) is 0 Å². The third-order valence-electron chi connectivity index (χ3n) is 1.98. The number of carbonyl (C=O) groups excluding carboxylic acids is 1. The van der Waals surface area contributed by atoms with E-state index in [4.69, 9.17) is 9.47 Å². The Hall–Kier alpha value is -0.410. The van der Waals surface area contributed by atoms with Gasteiger partial charge in [-0.15, -0.1) is 0 Å². The van der Waals surface area contributed by atoms with E-state index in [0.29, 0.717) is 18.9 Å². The number of hydrogen-bond donors (Lipinski definition) is 0. The molecule has 1 unspecified atom stereocenters. The Kier molecular flexibility index (Phi) is 4.25. The van der Waals surface area contributed by atoms with Gasteiger partial charge in [0, 0.05) is 18.9 Å². The van der Waals surface area contributed by atoms with E-state index in [1.165, 1.54) is 0 Å². The van der Waals surface area contributed by atoms with Crippen LogP contribution in [0.25, 0.3) is 0 Å². The monoisotopic (exact) mass is 172 g/mol. The molecule has 0 aromatic carbocycles. The highest BCUT2D eigenvalue weighted by molar-refractivity contribution is 5.75. The fourth-order valence-electron chi connectivity index (χ4n) is 1.18. The largest absolute Gasteiger partial charge is 0.381 e. The van der Waals surface area contributed by atoms with Crippen molar-refractivity contribution >= 4 is 5.78 Å². The SMILES string of the molecule is CC(=O)CCOCC1CCOC1. The molecule has 1 saturated heterocycles. The fourth-order valence-corrected chi connectivity index (χ4v) is 1.18. The van der Waals surface area contributed by atoms with Crippen molar-refractivity contribution in [2.45, 2.75) is 19.8 Å². The second-order valence-corrected chi connectivity index (χ2v) is 3.26. The molecule has 0 aromatic rings. The molecule has 70 valence electrons. The highest BCUT2D eigenvalue weighted by atomic mass is 16.5. The number of carbonyl (C=O) groups is 1. The first-order chi connectivity index (χ1) is 5.79. The molecule has 1 heterocycles. The lowest BCUT2D eigenvalue weighted by atomic mass is 10.1. The van der Waals surface area contributed by atoms with Crippen LogP contribution in [0.1, 0.15) is 19.8 Å². The smallest absolute Gasteiger partial charge is 0.132 e. The van der Waals surface area contributed by atoms with Crippen LogP contribution >= 0.6 is 0 Å². The van der Waals surface area contributed by atoms with Crippen molar-refractivity contribution in [3.63, 3.8) is 0 Å². The van der Waals surface area contributed by atoms with E-state index in [0.717, 1.165) is 26.2 Å². The first-order valence-corrected chi connectivity index (χ1v) is 4.44. The van der Waals surface area contributed by atoms with Crippen molar-refractivity contribution in [1.82, 2.24) is 0 Å². The second kappa shape index (κ2) is 5.27. The van der Waals surface area contributed by atoms with Gasteiger partial charge in [0.2, 0.25) is 0 Å². The molecular formula is C9H16O3. The van der Waals surface area contributed by atoms with Crippen molar-refractivity contribution in [1.29, 1.82) is 0 Å². The normalized spacial score (nSPS) is 22.9. The molecule has 0 saturated carbocycles. The molecule has 1 aliphatic heterocycles. The molecule has 0 aliphatic carbocycles. The van der Waals surface area contributed by atoms with Gasteiger partial charge in [0.05, 0.1) is 19.8 Å². The fraction of sp³-hybridized carbons (Fsp3) is 0.889. The zero-order valence-electron chi connectivity index (χ0n) is 7.54. The summed E-state index contributed by atoms with van der Waals surface area (Å²) in [7, 11) is 0. The molecule has 0 aromatic heterocycles. The van der Waals surface area contributed by atoms with Crippen LogP contribution in [-0.4, -0.2) is 32.2 Å². The van der Waals surface area contributed by atoms with Crippen molar-refractivity contribution in [3.05, 3.63) is 0 Å². The maximum absolute atomic E-state index is 10.5. The van der Waals surface area contributed by atoms with Crippen LogP contribution in [0.4, 0.5) is 0 Å². The summed E-state index contributed by atoms with van der Waals surface area (Å²) in [5, 5.41) is 0. The minimum atomic E-state index is 0.192. The average molecular weight is 172 g/mol. The zero-order chi connectivity index (χ0) is 8.81. The Morgan fingerprint density at radius 1 is 1.67 bits per heavy atom. The van der Waals surface area contributed by atoms with E-state index in [1.807, 2.05) is 0 Å². The first kappa shape index (κ1) is 9.68. The molecule has 12 heavy (non-hydrogen) atoms. The van der Waals surface area contributed by atoms with Gasteiger partial charge in [0.1, 0.15) is 5.78 Å². The molecule has 0 N–H and O–H groups in total. The third kappa shape index (κ3) is 3.83. The van der Waals surface area contributed by atoms with Gasteiger partial charge in [0.25, 0.3) is 0 Å². The Morgan fingerprint density at radius 2 is 2.50 bits per heavy atom. The maximum Gasteiger partial charge on any atom is 0.132 e. The summed E-state index contributed by atoms with van der Waals surface area (Å²) in [6, 6.07) is 0. The van der Waals surface area contributed by atoms with Gasteiger partial charge in [-0.3, -0.25) is 4.79 Å². The lowest BCUT2D eigenvalue weighted by molar-refractivity contribution is -0.118. The predicted molar refractivity (Wildman–Crippen MR) is 45.0 cm³/mol. The molecule has 0 spiro atoms. The van der Waals surface area contributed by atoms with Crippen molar-refractivity contribution < 1.29 is 14.3 Å². The molecule has 1 rings (SSSR count). The van der Waals surface area contributed by atoms with Gasteiger partial charge in [-0.2, -0.15) is 0 Å². The molecule has 1 aliphatic rings. The molecule has 3 heteroatoms. The zero-order valence-corrected chi connectivity index (χ0v) is 7.54. The van der Waals surface area contributed by atoms with Crippen LogP contribution < -0.4 is 0 Å². The van der Waals surface area contributed by atoms with Crippen molar-refractivity contribution in [3.8, 4) is 0 Å². The van der Waals surface area contributed by atoms with Crippen LogP contribution in [0.15, 0.2) is 0 Å². The van der Waals surface area contributed by atoms with Crippen LogP contribution in [0.3, 0.4) is 0 Å². The van der Waals surface area contributed by atoms with Gasteiger partial charge in [0.15, 0.2) is 0 Å². The average Bonchev–Trinajstić information content (AvgIpc) is 2.49. The van der Waals surface area contributed by atoms with E-state index in [9.17, 15) is 4.79 Å². The number of ketones is 1. The highest BCUT2D eigenvalue weighted by Crippen LogP contribution is 2.12. The van der Waals surface area contributed by atoms with Gasteiger partial charge < -0.3 is 9.47 Å². The first-order valence-electron chi connectivity index (χ1n) is 4.44. The standard InChI is InChI=1S/C9H16O3/c1-8(10)2-4-11-6-9-3-5-12-7-9/h9H,2-7H2,1H3. The molecule has 1 atom stereocenters. The maximum atomic E-state index is 10.5. The predicted octanol–water partition coefficient (Wildman–Crippen LogP) is 1.02. The summed E-state index contributed by atoms with van der Waals surface area (Å²) in [4.78, 5) is 10.5. The van der Waals surface area contributed by atoms with Crippen LogP contribution in [0, 0.1) is 5.92 Å².